The Morgan fingerprint density at radius 1 is 1.18 bits per heavy atom. The van der Waals surface area contributed by atoms with Crippen LogP contribution in [0.25, 0.3) is 0 Å². The maximum Gasteiger partial charge on any atom is 1.00 e. The van der Waals surface area contributed by atoms with Crippen LogP contribution in [0.3, 0.4) is 0 Å². The SMILES string of the molecule is CC1CN(Cc2cc(Cl)ccc2CCC(=O)[O-])CCN1Sc1ccccc1.[Na+]. The van der Waals surface area contributed by atoms with Crippen LogP contribution in [0.4, 0.5) is 0 Å². The van der Waals surface area contributed by atoms with Crippen molar-refractivity contribution in [2.75, 3.05) is 19.6 Å². The summed E-state index contributed by atoms with van der Waals surface area (Å²) in [5, 5.41) is 11.5. The van der Waals surface area contributed by atoms with Gasteiger partial charge in [-0.2, -0.15) is 0 Å². The molecular formula is C21H24ClN2NaO2S. The van der Waals surface area contributed by atoms with Gasteiger partial charge >= 0.3 is 29.6 Å². The van der Waals surface area contributed by atoms with Crippen molar-refractivity contribution in [1.82, 2.24) is 9.21 Å². The Bertz CT molecular complexity index is 778. The van der Waals surface area contributed by atoms with Gasteiger partial charge in [-0.15, -0.1) is 0 Å². The van der Waals surface area contributed by atoms with Crippen molar-refractivity contribution >= 4 is 29.5 Å². The van der Waals surface area contributed by atoms with Gasteiger partial charge < -0.3 is 9.90 Å². The summed E-state index contributed by atoms with van der Waals surface area (Å²) in [7, 11) is 0. The molecule has 0 amide bonds. The maximum atomic E-state index is 10.8. The Hall–Kier alpha value is -0.530. The Labute approximate surface area is 198 Å². The molecular weight excluding hydrogens is 403 g/mol. The summed E-state index contributed by atoms with van der Waals surface area (Å²) in [6.07, 6.45) is 0.515. The molecule has 0 N–H and O–H groups in total. The molecule has 1 atom stereocenters. The van der Waals surface area contributed by atoms with Crippen molar-refractivity contribution in [2.24, 2.45) is 0 Å². The molecule has 144 valence electrons. The Morgan fingerprint density at radius 3 is 2.61 bits per heavy atom. The van der Waals surface area contributed by atoms with Gasteiger partial charge in [0.05, 0.1) is 0 Å². The number of hydrogen-bond donors (Lipinski definition) is 0. The van der Waals surface area contributed by atoms with Crippen LogP contribution < -0.4 is 34.7 Å². The second-order valence-electron chi connectivity index (χ2n) is 6.91. The third kappa shape index (κ3) is 7.06. The fourth-order valence-corrected chi connectivity index (χ4v) is 4.54. The van der Waals surface area contributed by atoms with Gasteiger partial charge in [0.15, 0.2) is 0 Å². The van der Waals surface area contributed by atoms with Gasteiger partial charge in [0.1, 0.15) is 0 Å². The number of benzene rings is 2. The molecule has 0 saturated carbocycles. The minimum absolute atomic E-state index is 0. The molecule has 1 fully saturated rings. The molecule has 4 nitrogen and oxygen atoms in total. The van der Waals surface area contributed by atoms with Crippen LogP contribution in [0.1, 0.15) is 24.5 Å². The first-order valence-corrected chi connectivity index (χ1v) is 10.4. The topological polar surface area (TPSA) is 46.6 Å². The van der Waals surface area contributed by atoms with E-state index in [1.165, 1.54) is 4.90 Å². The van der Waals surface area contributed by atoms with Gasteiger partial charge in [-0.25, -0.2) is 4.31 Å². The van der Waals surface area contributed by atoms with E-state index < -0.39 is 5.97 Å². The van der Waals surface area contributed by atoms with E-state index in [1.54, 1.807) is 0 Å². The van der Waals surface area contributed by atoms with Crippen molar-refractivity contribution in [3.05, 3.63) is 64.7 Å². The monoisotopic (exact) mass is 426 g/mol. The van der Waals surface area contributed by atoms with Crippen LogP contribution in [0, 0.1) is 0 Å². The van der Waals surface area contributed by atoms with E-state index >= 15 is 0 Å². The molecule has 0 bridgehead atoms. The summed E-state index contributed by atoms with van der Waals surface area (Å²) in [5.41, 5.74) is 2.15. The second kappa shape index (κ2) is 11.6. The molecule has 1 unspecified atom stereocenters. The van der Waals surface area contributed by atoms with Gasteiger partial charge in [-0.05, 0) is 67.1 Å². The van der Waals surface area contributed by atoms with Crippen molar-refractivity contribution in [3.63, 3.8) is 0 Å². The average molecular weight is 427 g/mol. The normalized spacial score (nSPS) is 17.9. The minimum Gasteiger partial charge on any atom is -0.550 e. The molecule has 28 heavy (non-hydrogen) atoms. The zero-order valence-corrected chi connectivity index (χ0v) is 20.0. The predicted molar refractivity (Wildman–Crippen MR) is 109 cm³/mol. The third-order valence-electron chi connectivity index (χ3n) is 4.78. The van der Waals surface area contributed by atoms with Crippen molar-refractivity contribution < 1.29 is 39.5 Å². The van der Waals surface area contributed by atoms with Crippen LogP contribution in [0.2, 0.25) is 5.02 Å². The number of carboxylic acid groups (broad SMARTS) is 1. The second-order valence-corrected chi connectivity index (χ2v) is 8.47. The number of rotatable bonds is 7. The van der Waals surface area contributed by atoms with Gasteiger partial charge in [-0.1, -0.05) is 35.9 Å². The number of aliphatic carboxylic acids is 1. The quantitative estimate of drug-likeness (QED) is 0.469. The fraction of sp³-hybridized carbons (Fsp3) is 0.381. The molecule has 0 aliphatic carbocycles. The standard InChI is InChI=1S/C21H25ClN2O2S.Na/c1-16-14-23(11-12-24(16)27-20-5-3-2-4-6-20)15-18-13-19(22)9-7-17(18)8-10-21(25)26;/h2-7,9,13,16H,8,10-12,14-15H2,1H3,(H,25,26);/q;+1/p-1. The summed E-state index contributed by atoms with van der Waals surface area (Å²) >= 11 is 7.99. The minimum atomic E-state index is -1.02. The number of carboxylic acids is 1. The van der Waals surface area contributed by atoms with E-state index in [-0.39, 0.29) is 36.0 Å². The fourth-order valence-electron chi connectivity index (χ4n) is 3.38. The number of piperazine rings is 1. The Balaban J connectivity index is 0.00000280. The van der Waals surface area contributed by atoms with Crippen LogP contribution in [0.5, 0.6) is 0 Å². The molecule has 2 aromatic carbocycles. The van der Waals surface area contributed by atoms with Crippen molar-refractivity contribution in [2.45, 2.75) is 37.2 Å². The maximum absolute atomic E-state index is 10.8. The van der Waals surface area contributed by atoms with Crippen LogP contribution in [-0.2, 0) is 17.8 Å². The van der Waals surface area contributed by atoms with Gasteiger partial charge in [-0.3, -0.25) is 4.90 Å². The molecule has 3 rings (SSSR count). The van der Waals surface area contributed by atoms with E-state index in [9.17, 15) is 9.90 Å². The third-order valence-corrected chi connectivity index (χ3v) is 6.27. The smallest absolute Gasteiger partial charge is 0.550 e. The first kappa shape index (κ1) is 23.7. The van der Waals surface area contributed by atoms with E-state index in [2.05, 4.69) is 40.4 Å². The first-order valence-electron chi connectivity index (χ1n) is 9.20. The zero-order chi connectivity index (χ0) is 19.2. The molecule has 1 saturated heterocycles. The van der Waals surface area contributed by atoms with E-state index in [4.69, 9.17) is 11.6 Å². The number of hydrogen-bond acceptors (Lipinski definition) is 5. The van der Waals surface area contributed by atoms with Crippen LogP contribution in [-0.4, -0.2) is 40.9 Å². The Morgan fingerprint density at radius 2 is 1.93 bits per heavy atom. The van der Waals surface area contributed by atoms with Gasteiger partial charge in [0.2, 0.25) is 0 Å². The van der Waals surface area contributed by atoms with E-state index in [0.717, 1.165) is 37.3 Å². The molecule has 0 radical (unpaired) electrons. The molecule has 7 heteroatoms. The summed E-state index contributed by atoms with van der Waals surface area (Å²) in [6.45, 7) is 5.95. The van der Waals surface area contributed by atoms with Crippen LogP contribution >= 0.6 is 23.5 Å². The number of carbonyl (C=O) groups is 1. The predicted octanol–water partition coefficient (Wildman–Crippen LogP) is 0.240. The van der Waals surface area contributed by atoms with Gasteiger partial charge in [0.25, 0.3) is 0 Å². The molecule has 1 aliphatic rings. The molecule has 1 aliphatic heterocycles. The number of nitrogens with zero attached hydrogens (tertiary/aromatic N) is 2. The summed E-state index contributed by atoms with van der Waals surface area (Å²) < 4.78 is 2.43. The van der Waals surface area contributed by atoms with E-state index in [0.29, 0.717) is 17.5 Å². The Kier molecular flexibility index (Phi) is 9.84. The van der Waals surface area contributed by atoms with Gasteiger partial charge in [0, 0.05) is 48.1 Å². The summed E-state index contributed by atoms with van der Waals surface area (Å²) in [6, 6.07) is 16.6. The first-order chi connectivity index (χ1) is 13.0. The van der Waals surface area contributed by atoms with Crippen molar-refractivity contribution in [3.8, 4) is 0 Å². The average Bonchev–Trinajstić information content (AvgIpc) is 2.64. The number of aryl methyl sites for hydroxylation is 1. The number of halogens is 1. The number of carbonyl (C=O) groups excluding carboxylic acids is 1. The largest absolute Gasteiger partial charge is 1.00 e. The van der Waals surface area contributed by atoms with Crippen molar-refractivity contribution in [1.29, 1.82) is 0 Å². The van der Waals surface area contributed by atoms with E-state index in [1.807, 2.05) is 36.2 Å². The van der Waals surface area contributed by atoms with Crippen LogP contribution in [0.15, 0.2) is 53.4 Å². The molecule has 2 aromatic rings. The molecule has 0 aromatic heterocycles. The zero-order valence-electron chi connectivity index (χ0n) is 16.4. The summed E-state index contributed by atoms with van der Waals surface area (Å²) in [5.74, 6) is -1.02. The molecule has 0 spiro atoms. The summed E-state index contributed by atoms with van der Waals surface area (Å²) in [4.78, 5) is 14.5. The molecule has 1 heterocycles.